The van der Waals surface area contributed by atoms with Gasteiger partial charge in [0.25, 0.3) is 11.5 Å². The molecule has 1 N–H and O–H groups in total. The maximum Gasteiger partial charge on any atom is 0.268 e. The molecule has 1 aliphatic rings. The van der Waals surface area contributed by atoms with E-state index in [-0.39, 0.29) is 23.6 Å². The summed E-state index contributed by atoms with van der Waals surface area (Å²) >= 11 is 0. The van der Waals surface area contributed by atoms with E-state index in [2.05, 4.69) is 5.32 Å². The maximum atomic E-state index is 12.9. The second-order valence-electron chi connectivity index (χ2n) is 7.20. The number of hydrogen-bond donors (Lipinski definition) is 1. The van der Waals surface area contributed by atoms with Gasteiger partial charge in [-0.25, -0.2) is 0 Å². The molecule has 0 bridgehead atoms. The number of carbonyl (C=O) groups is 1. The van der Waals surface area contributed by atoms with Gasteiger partial charge < -0.3 is 9.88 Å². The molecule has 1 fully saturated rings. The van der Waals surface area contributed by atoms with Gasteiger partial charge in [0, 0.05) is 17.5 Å². The van der Waals surface area contributed by atoms with E-state index in [4.69, 9.17) is 0 Å². The number of aromatic nitrogens is 1. The Labute approximate surface area is 142 Å². The molecule has 1 saturated carbocycles. The minimum atomic E-state index is -0.129. The van der Waals surface area contributed by atoms with Crippen molar-refractivity contribution < 1.29 is 4.79 Å². The zero-order valence-corrected chi connectivity index (χ0v) is 14.8. The number of amides is 1. The SMILES string of the molecule is Cc1ccc2cc(C(=O)NC3CCCCC3)n(C(C)C)c(=O)c2c1. The number of benzene rings is 1. The molecule has 3 rings (SSSR count). The first-order valence-electron chi connectivity index (χ1n) is 8.94. The predicted molar refractivity (Wildman–Crippen MR) is 97.7 cm³/mol. The van der Waals surface area contributed by atoms with Crippen molar-refractivity contribution >= 4 is 16.7 Å². The van der Waals surface area contributed by atoms with E-state index < -0.39 is 0 Å². The molecule has 1 amide bonds. The molecular formula is C20H26N2O2. The van der Waals surface area contributed by atoms with E-state index in [0.717, 1.165) is 23.8 Å². The number of nitrogens with one attached hydrogen (secondary N) is 1. The van der Waals surface area contributed by atoms with Gasteiger partial charge >= 0.3 is 0 Å². The zero-order valence-electron chi connectivity index (χ0n) is 14.8. The number of carbonyl (C=O) groups excluding carboxylic acids is 1. The summed E-state index contributed by atoms with van der Waals surface area (Å²) in [4.78, 5) is 25.8. The van der Waals surface area contributed by atoms with Crippen molar-refractivity contribution in [3.8, 4) is 0 Å². The second kappa shape index (κ2) is 6.80. The monoisotopic (exact) mass is 326 g/mol. The molecular weight excluding hydrogens is 300 g/mol. The van der Waals surface area contributed by atoms with Crippen molar-refractivity contribution in [2.75, 3.05) is 0 Å². The van der Waals surface area contributed by atoms with E-state index in [1.807, 2.05) is 45.0 Å². The van der Waals surface area contributed by atoms with Crippen LogP contribution in [-0.4, -0.2) is 16.5 Å². The van der Waals surface area contributed by atoms with Crippen LogP contribution >= 0.6 is 0 Å². The summed E-state index contributed by atoms with van der Waals surface area (Å²) in [6.45, 7) is 5.86. The van der Waals surface area contributed by atoms with Gasteiger partial charge in [-0.3, -0.25) is 9.59 Å². The highest BCUT2D eigenvalue weighted by Gasteiger charge is 2.21. The lowest BCUT2D eigenvalue weighted by Crippen LogP contribution is -2.39. The first-order valence-corrected chi connectivity index (χ1v) is 8.94. The highest BCUT2D eigenvalue weighted by Crippen LogP contribution is 2.20. The Morgan fingerprint density at radius 2 is 1.88 bits per heavy atom. The molecule has 128 valence electrons. The van der Waals surface area contributed by atoms with Crippen LogP contribution < -0.4 is 10.9 Å². The van der Waals surface area contributed by atoms with Crippen molar-refractivity contribution in [1.29, 1.82) is 0 Å². The average molecular weight is 326 g/mol. The van der Waals surface area contributed by atoms with Gasteiger partial charge in [0.05, 0.1) is 0 Å². The van der Waals surface area contributed by atoms with Crippen LogP contribution in [0.15, 0.2) is 29.1 Å². The number of aryl methyl sites for hydroxylation is 1. The smallest absolute Gasteiger partial charge is 0.268 e. The van der Waals surface area contributed by atoms with Crippen LogP contribution in [0, 0.1) is 6.92 Å². The van der Waals surface area contributed by atoms with Crippen LogP contribution in [0.25, 0.3) is 10.8 Å². The van der Waals surface area contributed by atoms with Crippen LogP contribution in [0.3, 0.4) is 0 Å². The molecule has 0 unspecified atom stereocenters. The molecule has 1 aromatic carbocycles. The zero-order chi connectivity index (χ0) is 17.3. The Hall–Kier alpha value is -2.10. The van der Waals surface area contributed by atoms with Crippen LogP contribution in [0.4, 0.5) is 0 Å². The standard InChI is InChI=1S/C20H26N2O2/c1-13(2)22-18(19(23)21-16-7-5-4-6-8-16)12-15-10-9-14(3)11-17(15)20(22)24/h9-13,16H,4-8H2,1-3H3,(H,21,23). The molecule has 24 heavy (non-hydrogen) atoms. The fourth-order valence-electron chi connectivity index (χ4n) is 3.63. The minimum absolute atomic E-state index is 0.0606. The molecule has 2 aromatic rings. The van der Waals surface area contributed by atoms with E-state index in [1.54, 1.807) is 4.57 Å². The van der Waals surface area contributed by atoms with Crippen molar-refractivity contribution in [3.63, 3.8) is 0 Å². The van der Waals surface area contributed by atoms with Crippen molar-refractivity contribution in [2.24, 2.45) is 0 Å². The number of hydrogen-bond acceptors (Lipinski definition) is 2. The Morgan fingerprint density at radius 3 is 2.54 bits per heavy atom. The van der Waals surface area contributed by atoms with Crippen LogP contribution in [0.1, 0.15) is 68.0 Å². The number of fused-ring (bicyclic) bond motifs is 1. The third kappa shape index (κ3) is 3.23. The summed E-state index contributed by atoms with van der Waals surface area (Å²) in [5, 5.41) is 4.64. The van der Waals surface area contributed by atoms with Crippen LogP contribution in [0.2, 0.25) is 0 Å². The molecule has 0 atom stereocenters. The van der Waals surface area contributed by atoms with Crippen molar-refractivity contribution in [1.82, 2.24) is 9.88 Å². The highest BCUT2D eigenvalue weighted by molar-refractivity contribution is 5.97. The lowest BCUT2D eigenvalue weighted by molar-refractivity contribution is 0.0915. The second-order valence-corrected chi connectivity index (χ2v) is 7.20. The Kier molecular flexibility index (Phi) is 4.74. The van der Waals surface area contributed by atoms with Gasteiger partial charge in [0.15, 0.2) is 0 Å². The first kappa shape index (κ1) is 16.7. The van der Waals surface area contributed by atoms with Crippen LogP contribution in [0.5, 0.6) is 0 Å². The molecule has 0 saturated heterocycles. The van der Waals surface area contributed by atoms with E-state index in [1.165, 1.54) is 19.3 Å². The van der Waals surface area contributed by atoms with E-state index in [0.29, 0.717) is 11.1 Å². The minimum Gasteiger partial charge on any atom is -0.348 e. The molecule has 0 spiro atoms. The number of pyridine rings is 1. The predicted octanol–water partition coefficient (Wildman–Crippen LogP) is 3.95. The average Bonchev–Trinajstić information content (AvgIpc) is 2.55. The van der Waals surface area contributed by atoms with E-state index in [9.17, 15) is 9.59 Å². The van der Waals surface area contributed by atoms with Gasteiger partial charge in [-0.2, -0.15) is 0 Å². The van der Waals surface area contributed by atoms with Gasteiger partial charge in [-0.15, -0.1) is 0 Å². The quantitative estimate of drug-likeness (QED) is 0.928. The number of rotatable bonds is 3. The van der Waals surface area contributed by atoms with Gasteiger partial charge in [0.1, 0.15) is 5.69 Å². The summed E-state index contributed by atoms with van der Waals surface area (Å²) in [5.41, 5.74) is 1.44. The molecule has 0 radical (unpaired) electrons. The van der Waals surface area contributed by atoms with Crippen molar-refractivity contribution in [3.05, 3.63) is 45.9 Å². The summed E-state index contributed by atoms with van der Waals surface area (Å²) in [7, 11) is 0. The third-order valence-corrected chi connectivity index (χ3v) is 4.90. The molecule has 0 aliphatic heterocycles. The maximum absolute atomic E-state index is 12.9. The summed E-state index contributed by atoms with van der Waals surface area (Å²) < 4.78 is 1.62. The molecule has 1 heterocycles. The largest absolute Gasteiger partial charge is 0.348 e. The summed E-state index contributed by atoms with van der Waals surface area (Å²) in [6, 6.07) is 7.83. The first-order chi connectivity index (χ1) is 11.5. The molecule has 4 nitrogen and oxygen atoms in total. The third-order valence-electron chi connectivity index (χ3n) is 4.90. The normalized spacial score (nSPS) is 15.8. The fourth-order valence-corrected chi connectivity index (χ4v) is 3.63. The number of nitrogens with zero attached hydrogens (tertiary/aromatic N) is 1. The van der Waals surface area contributed by atoms with Gasteiger partial charge in [-0.05, 0) is 51.1 Å². The lowest BCUT2D eigenvalue weighted by atomic mass is 9.95. The molecule has 1 aromatic heterocycles. The highest BCUT2D eigenvalue weighted by atomic mass is 16.2. The Balaban J connectivity index is 2.05. The molecule has 1 aliphatic carbocycles. The van der Waals surface area contributed by atoms with E-state index >= 15 is 0 Å². The summed E-state index contributed by atoms with van der Waals surface area (Å²) in [5.74, 6) is -0.129. The van der Waals surface area contributed by atoms with Gasteiger partial charge in [0.2, 0.25) is 0 Å². The Morgan fingerprint density at radius 1 is 1.17 bits per heavy atom. The topological polar surface area (TPSA) is 51.1 Å². The lowest BCUT2D eigenvalue weighted by Gasteiger charge is -2.24. The van der Waals surface area contributed by atoms with Crippen LogP contribution in [-0.2, 0) is 0 Å². The summed E-state index contributed by atoms with van der Waals surface area (Å²) in [6.07, 6.45) is 5.64. The Bertz CT molecular complexity index is 814. The fraction of sp³-hybridized carbons (Fsp3) is 0.500. The molecule has 4 heteroatoms. The van der Waals surface area contributed by atoms with Crippen molar-refractivity contribution in [2.45, 2.75) is 65.0 Å². The van der Waals surface area contributed by atoms with Gasteiger partial charge in [-0.1, -0.05) is 37.0 Å².